The molecule has 32 heavy (non-hydrogen) atoms. The van der Waals surface area contributed by atoms with Crippen LogP contribution in [0.2, 0.25) is 0 Å². The minimum atomic E-state index is 0.485. The third-order valence-corrected chi connectivity index (χ3v) is 5.85. The van der Waals surface area contributed by atoms with Crippen LogP contribution in [0.15, 0.2) is 77.2 Å². The molecule has 0 saturated carbocycles. The lowest BCUT2D eigenvalue weighted by atomic mass is 10.1. The van der Waals surface area contributed by atoms with Crippen molar-refractivity contribution in [3.05, 3.63) is 94.4 Å². The molecule has 4 aromatic rings. The Balaban J connectivity index is 1.39. The summed E-state index contributed by atoms with van der Waals surface area (Å²) >= 11 is 1.52. The van der Waals surface area contributed by atoms with Crippen LogP contribution in [-0.2, 0) is 6.61 Å². The first-order valence-corrected chi connectivity index (χ1v) is 11.2. The van der Waals surface area contributed by atoms with E-state index < -0.39 is 0 Å². The predicted molar refractivity (Wildman–Crippen MR) is 132 cm³/mol. The SMILES string of the molecule is COc1cc(/C=N\Nc2nc(-c3ccc(C)c(C)c3)cs2)ccc1OCc1ccccc1. The van der Waals surface area contributed by atoms with E-state index >= 15 is 0 Å². The maximum Gasteiger partial charge on any atom is 0.203 e. The van der Waals surface area contributed by atoms with Crippen molar-refractivity contribution >= 4 is 22.7 Å². The Bertz CT molecular complexity index is 1220. The number of hydrogen-bond acceptors (Lipinski definition) is 6. The molecule has 3 aromatic carbocycles. The van der Waals surface area contributed by atoms with Gasteiger partial charge in [0.1, 0.15) is 6.61 Å². The summed E-state index contributed by atoms with van der Waals surface area (Å²) in [5, 5.41) is 7.10. The largest absolute Gasteiger partial charge is 0.493 e. The second-order valence-corrected chi connectivity index (χ2v) is 8.25. The molecule has 1 N–H and O–H groups in total. The molecule has 0 aliphatic carbocycles. The number of hydrogen-bond donors (Lipinski definition) is 1. The van der Waals surface area contributed by atoms with Gasteiger partial charge >= 0.3 is 0 Å². The van der Waals surface area contributed by atoms with Crippen molar-refractivity contribution in [2.75, 3.05) is 12.5 Å². The van der Waals surface area contributed by atoms with Gasteiger partial charge in [0.2, 0.25) is 5.13 Å². The first kappa shape index (κ1) is 21.6. The molecule has 0 unspecified atom stereocenters. The quantitative estimate of drug-likeness (QED) is 0.251. The smallest absolute Gasteiger partial charge is 0.203 e. The highest BCUT2D eigenvalue weighted by molar-refractivity contribution is 7.14. The summed E-state index contributed by atoms with van der Waals surface area (Å²) in [5.41, 5.74) is 9.60. The van der Waals surface area contributed by atoms with E-state index in [0.29, 0.717) is 18.1 Å². The van der Waals surface area contributed by atoms with Crippen molar-refractivity contribution in [1.29, 1.82) is 0 Å². The van der Waals surface area contributed by atoms with Gasteiger partial charge in [-0.1, -0.05) is 42.5 Å². The zero-order valence-corrected chi connectivity index (χ0v) is 19.1. The zero-order valence-electron chi connectivity index (χ0n) is 18.3. The molecule has 0 bridgehead atoms. The lowest BCUT2D eigenvalue weighted by molar-refractivity contribution is 0.284. The van der Waals surface area contributed by atoms with Crippen molar-refractivity contribution in [2.24, 2.45) is 5.10 Å². The molecule has 0 spiro atoms. The van der Waals surface area contributed by atoms with Gasteiger partial charge in [-0.25, -0.2) is 4.98 Å². The van der Waals surface area contributed by atoms with Gasteiger partial charge < -0.3 is 9.47 Å². The first-order chi connectivity index (χ1) is 15.6. The van der Waals surface area contributed by atoms with Gasteiger partial charge in [-0.15, -0.1) is 11.3 Å². The Kier molecular flexibility index (Phi) is 6.82. The number of nitrogens with one attached hydrogen (secondary N) is 1. The van der Waals surface area contributed by atoms with E-state index in [0.717, 1.165) is 27.5 Å². The average Bonchev–Trinajstić information content (AvgIpc) is 3.29. The fraction of sp³-hybridized carbons (Fsp3) is 0.154. The molecule has 6 heteroatoms. The van der Waals surface area contributed by atoms with E-state index in [2.05, 4.69) is 47.6 Å². The number of aryl methyl sites for hydroxylation is 2. The summed E-state index contributed by atoms with van der Waals surface area (Å²) in [4.78, 5) is 4.63. The van der Waals surface area contributed by atoms with Gasteiger partial charge in [-0.2, -0.15) is 5.10 Å². The molecule has 0 aliphatic heterocycles. The third kappa shape index (κ3) is 5.34. The minimum absolute atomic E-state index is 0.485. The summed E-state index contributed by atoms with van der Waals surface area (Å²) in [6.45, 7) is 4.71. The fourth-order valence-electron chi connectivity index (χ4n) is 3.14. The molecule has 4 rings (SSSR count). The van der Waals surface area contributed by atoms with Crippen molar-refractivity contribution in [3.8, 4) is 22.8 Å². The molecule has 162 valence electrons. The Hall–Kier alpha value is -3.64. The number of ether oxygens (including phenoxy) is 2. The zero-order chi connectivity index (χ0) is 22.3. The Morgan fingerprint density at radius 1 is 0.969 bits per heavy atom. The van der Waals surface area contributed by atoms with E-state index in [1.54, 1.807) is 13.3 Å². The van der Waals surface area contributed by atoms with Crippen LogP contribution >= 0.6 is 11.3 Å². The molecule has 1 heterocycles. The number of rotatable bonds is 8. The van der Waals surface area contributed by atoms with Crippen LogP contribution in [0.5, 0.6) is 11.5 Å². The van der Waals surface area contributed by atoms with Crippen LogP contribution in [0.4, 0.5) is 5.13 Å². The maximum atomic E-state index is 5.91. The molecule has 1 aromatic heterocycles. The molecule has 0 aliphatic rings. The highest BCUT2D eigenvalue weighted by atomic mass is 32.1. The molecule has 0 amide bonds. The van der Waals surface area contributed by atoms with Crippen molar-refractivity contribution in [2.45, 2.75) is 20.5 Å². The molecular weight excluding hydrogens is 418 g/mol. The minimum Gasteiger partial charge on any atom is -0.493 e. The molecule has 0 radical (unpaired) electrons. The summed E-state index contributed by atoms with van der Waals surface area (Å²) < 4.78 is 11.4. The summed E-state index contributed by atoms with van der Waals surface area (Å²) in [6.07, 6.45) is 1.74. The number of methoxy groups -OCH3 is 1. The van der Waals surface area contributed by atoms with Crippen molar-refractivity contribution in [1.82, 2.24) is 4.98 Å². The first-order valence-electron chi connectivity index (χ1n) is 10.3. The Morgan fingerprint density at radius 2 is 1.81 bits per heavy atom. The molecular formula is C26H25N3O2S. The predicted octanol–water partition coefficient (Wildman–Crippen LogP) is 6.46. The highest BCUT2D eigenvalue weighted by Crippen LogP contribution is 2.29. The Morgan fingerprint density at radius 3 is 2.59 bits per heavy atom. The van der Waals surface area contributed by atoms with E-state index in [-0.39, 0.29) is 0 Å². The molecule has 0 saturated heterocycles. The van der Waals surface area contributed by atoms with E-state index in [1.165, 1.54) is 22.5 Å². The number of anilines is 1. The monoisotopic (exact) mass is 443 g/mol. The Labute approximate surface area is 192 Å². The maximum absolute atomic E-state index is 5.91. The van der Waals surface area contributed by atoms with Crippen LogP contribution in [0, 0.1) is 13.8 Å². The lowest BCUT2D eigenvalue weighted by Gasteiger charge is -2.11. The van der Waals surface area contributed by atoms with Crippen LogP contribution in [0.3, 0.4) is 0 Å². The van der Waals surface area contributed by atoms with Gasteiger partial charge in [-0.05, 0) is 60.4 Å². The third-order valence-electron chi connectivity index (χ3n) is 5.11. The molecule has 0 fully saturated rings. The van der Waals surface area contributed by atoms with Crippen LogP contribution in [0.25, 0.3) is 11.3 Å². The number of hydrazone groups is 1. The van der Waals surface area contributed by atoms with Crippen LogP contribution in [-0.4, -0.2) is 18.3 Å². The van der Waals surface area contributed by atoms with Crippen molar-refractivity contribution in [3.63, 3.8) is 0 Å². The van der Waals surface area contributed by atoms with E-state index in [4.69, 9.17) is 9.47 Å². The van der Waals surface area contributed by atoms with Gasteiger partial charge in [-0.3, -0.25) is 5.43 Å². The topological polar surface area (TPSA) is 55.7 Å². The van der Waals surface area contributed by atoms with Gasteiger partial charge in [0.05, 0.1) is 19.0 Å². The molecule has 5 nitrogen and oxygen atoms in total. The second kappa shape index (κ2) is 10.1. The second-order valence-electron chi connectivity index (χ2n) is 7.39. The molecule has 0 atom stereocenters. The standard InChI is InChI=1S/C26H25N3O2S/c1-18-9-11-22(13-19(18)2)23-17-32-26(28-23)29-27-15-21-10-12-24(25(14-21)30-3)31-16-20-7-5-4-6-8-20/h4-15,17H,16H2,1-3H3,(H,28,29)/b27-15-. The van der Waals surface area contributed by atoms with Crippen molar-refractivity contribution < 1.29 is 9.47 Å². The lowest BCUT2D eigenvalue weighted by Crippen LogP contribution is -1.98. The van der Waals surface area contributed by atoms with Gasteiger partial charge in [0.15, 0.2) is 11.5 Å². The number of benzene rings is 3. The summed E-state index contributed by atoms with van der Waals surface area (Å²) in [5.74, 6) is 1.36. The normalized spacial score (nSPS) is 11.0. The number of nitrogens with zero attached hydrogens (tertiary/aromatic N) is 2. The number of aromatic nitrogens is 1. The summed E-state index contributed by atoms with van der Waals surface area (Å²) in [7, 11) is 1.63. The summed E-state index contributed by atoms with van der Waals surface area (Å²) in [6, 6.07) is 22.1. The van der Waals surface area contributed by atoms with Gasteiger partial charge in [0.25, 0.3) is 0 Å². The van der Waals surface area contributed by atoms with Crippen LogP contribution < -0.4 is 14.9 Å². The van der Waals surface area contributed by atoms with Crippen LogP contribution in [0.1, 0.15) is 22.3 Å². The number of thiazole rings is 1. The van der Waals surface area contributed by atoms with E-state index in [1.807, 2.05) is 53.9 Å². The fourth-order valence-corrected chi connectivity index (χ4v) is 3.81. The average molecular weight is 444 g/mol. The van der Waals surface area contributed by atoms with Gasteiger partial charge in [0, 0.05) is 10.9 Å². The van der Waals surface area contributed by atoms with E-state index in [9.17, 15) is 0 Å². The highest BCUT2D eigenvalue weighted by Gasteiger charge is 2.07.